The van der Waals surface area contributed by atoms with Gasteiger partial charge in [0.1, 0.15) is 17.7 Å². The Kier molecular flexibility index (Phi) is 7.38. The minimum Gasteiger partial charge on any atom is -0.366 e. The van der Waals surface area contributed by atoms with Crippen molar-refractivity contribution in [2.75, 3.05) is 54.0 Å². The summed E-state index contributed by atoms with van der Waals surface area (Å²) in [6, 6.07) is 21.5. The van der Waals surface area contributed by atoms with E-state index in [1.54, 1.807) is 4.90 Å². The second-order valence-corrected chi connectivity index (χ2v) is 11.1. The van der Waals surface area contributed by atoms with Gasteiger partial charge in [-0.2, -0.15) is 15.8 Å². The van der Waals surface area contributed by atoms with Crippen molar-refractivity contribution in [3.63, 3.8) is 0 Å². The van der Waals surface area contributed by atoms with Crippen LogP contribution in [0.15, 0.2) is 55.1 Å². The highest BCUT2D eigenvalue weighted by molar-refractivity contribution is 5.94. The number of nitriles is 3. The van der Waals surface area contributed by atoms with Crippen LogP contribution in [0.1, 0.15) is 29.5 Å². The normalized spacial score (nSPS) is 20.0. The molecule has 3 aliphatic rings. The van der Waals surface area contributed by atoms with Crippen LogP contribution in [-0.2, 0) is 17.8 Å². The van der Waals surface area contributed by atoms with Gasteiger partial charge in [-0.3, -0.25) is 4.79 Å². The summed E-state index contributed by atoms with van der Waals surface area (Å²) in [6.07, 6.45) is 2.97. The van der Waals surface area contributed by atoms with E-state index >= 15 is 0 Å². The monoisotopic (exact) mass is 556 g/mol. The number of benzene rings is 2. The second-order valence-electron chi connectivity index (χ2n) is 11.1. The lowest BCUT2D eigenvalue weighted by Gasteiger charge is -2.43. The Labute approximate surface area is 246 Å². The lowest BCUT2D eigenvalue weighted by atomic mass is 9.93. The van der Waals surface area contributed by atoms with Crippen LogP contribution in [0.2, 0.25) is 0 Å². The van der Waals surface area contributed by atoms with Gasteiger partial charge in [0.15, 0.2) is 0 Å². The first kappa shape index (κ1) is 27.1. The summed E-state index contributed by atoms with van der Waals surface area (Å²) >= 11 is 0. The van der Waals surface area contributed by atoms with E-state index < -0.39 is 0 Å². The molecular weight excluding hydrogens is 524 g/mol. The third kappa shape index (κ3) is 4.76. The largest absolute Gasteiger partial charge is 0.366 e. The zero-order valence-electron chi connectivity index (χ0n) is 23.5. The molecule has 9 nitrogen and oxygen atoms in total. The topological polar surface area (TPSA) is 114 Å². The smallest absolute Gasteiger partial charge is 0.246 e. The van der Waals surface area contributed by atoms with Crippen LogP contribution in [-0.4, -0.2) is 61.1 Å². The molecule has 0 N–H and O–H groups in total. The van der Waals surface area contributed by atoms with Crippen molar-refractivity contribution in [3.05, 3.63) is 71.8 Å². The van der Waals surface area contributed by atoms with Gasteiger partial charge in [-0.25, -0.2) is 4.98 Å². The number of hydrogen-bond donors (Lipinski definition) is 0. The predicted molar refractivity (Wildman–Crippen MR) is 162 cm³/mol. The maximum Gasteiger partial charge on any atom is 0.246 e. The number of carbonyl (C=O) groups excluding carboxylic acids is 1. The molecule has 2 aromatic carbocycles. The minimum atomic E-state index is -0.281. The molecule has 0 bridgehead atoms. The Morgan fingerprint density at radius 1 is 0.952 bits per heavy atom. The molecular formula is C33H32N8O. The van der Waals surface area contributed by atoms with Gasteiger partial charge in [0.05, 0.1) is 36.1 Å². The molecule has 2 fully saturated rings. The van der Waals surface area contributed by atoms with Gasteiger partial charge in [-0.05, 0) is 35.9 Å². The van der Waals surface area contributed by atoms with Crippen molar-refractivity contribution in [1.29, 1.82) is 15.8 Å². The molecule has 3 aliphatic heterocycles. The Balaban J connectivity index is 1.44. The molecule has 9 heteroatoms. The van der Waals surface area contributed by atoms with E-state index in [0.717, 1.165) is 35.6 Å². The number of rotatable bonds is 5. The predicted octanol–water partition coefficient (Wildman–Crippen LogP) is 4.14. The quantitative estimate of drug-likeness (QED) is 0.431. The fraction of sp³-hybridized carbons (Fsp3) is 0.364. The van der Waals surface area contributed by atoms with Gasteiger partial charge in [-0.15, -0.1) is 0 Å². The van der Waals surface area contributed by atoms with E-state index in [9.17, 15) is 20.6 Å². The van der Waals surface area contributed by atoms with E-state index in [2.05, 4.69) is 75.9 Å². The Hall–Kier alpha value is -5.07. The zero-order chi connectivity index (χ0) is 29.2. The summed E-state index contributed by atoms with van der Waals surface area (Å²) in [6.45, 7) is 7.71. The average molecular weight is 557 g/mol. The van der Waals surface area contributed by atoms with Crippen LogP contribution < -0.4 is 14.7 Å². The molecule has 6 rings (SSSR count). The number of amides is 1. The van der Waals surface area contributed by atoms with E-state index in [1.165, 1.54) is 16.8 Å². The Morgan fingerprint density at radius 2 is 1.76 bits per heavy atom. The zero-order valence-corrected chi connectivity index (χ0v) is 23.5. The first-order valence-corrected chi connectivity index (χ1v) is 14.4. The molecule has 210 valence electrons. The molecule has 2 saturated heterocycles. The van der Waals surface area contributed by atoms with Crippen LogP contribution in [0.4, 0.5) is 17.3 Å². The van der Waals surface area contributed by atoms with Gasteiger partial charge in [0.2, 0.25) is 5.91 Å². The van der Waals surface area contributed by atoms with Crippen LogP contribution in [0.25, 0.3) is 10.8 Å². The highest BCUT2D eigenvalue weighted by Gasteiger charge is 2.36. The lowest BCUT2D eigenvalue weighted by Crippen LogP contribution is -2.55. The van der Waals surface area contributed by atoms with Gasteiger partial charge in [-0.1, -0.05) is 43.0 Å². The van der Waals surface area contributed by atoms with Crippen LogP contribution >= 0.6 is 0 Å². The summed E-state index contributed by atoms with van der Waals surface area (Å²) in [7, 11) is 0. The number of hydrogen-bond acceptors (Lipinski definition) is 8. The standard InChI is InChI=1S/C33H32N8O/c1-2-31(42)41-17-16-40(21-25(41)10-13-34)32-27-12-15-38(30-9-5-7-24-6-3-4-8-26(24)30)22-29(27)28(19-36)33(37-32)39-14-11-23(18-35)20-39/h2-9,23,25H,1,10-12,14-17,20-22H2. The second kappa shape index (κ2) is 11.4. The van der Waals surface area contributed by atoms with Crippen LogP contribution in [0, 0.1) is 39.9 Å². The summed E-state index contributed by atoms with van der Waals surface area (Å²) in [5.41, 5.74) is 3.74. The molecule has 0 aliphatic carbocycles. The van der Waals surface area contributed by atoms with E-state index in [-0.39, 0.29) is 24.3 Å². The van der Waals surface area contributed by atoms with Crippen molar-refractivity contribution in [2.24, 2.45) is 5.92 Å². The molecule has 0 saturated carbocycles. The number of carbonyl (C=O) groups is 1. The number of aromatic nitrogens is 1. The third-order valence-corrected chi connectivity index (χ3v) is 8.81. The molecule has 0 spiro atoms. The molecule has 0 radical (unpaired) electrons. The first-order chi connectivity index (χ1) is 20.6. The SMILES string of the molecule is C=CC(=O)N1CCN(c2nc(N3CCC(C#N)C3)c(C#N)c3c2CCN(c2cccc4ccccc24)C3)CC1CC#N. The molecule has 4 heterocycles. The lowest BCUT2D eigenvalue weighted by molar-refractivity contribution is -0.128. The van der Waals surface area contributed by atoms with Gasteiger partial charge < -0.3 is 19.6 Å². The van der Waals surface area contributed by atoms with Crippen molar-refractivity contribution in [3.8, 4) is 18.2 Å². The highest BCUT2D eigenvalue weighted by atomic mass is 16.2. The van der Waals surface area contributed by atoms with Crippen LogP contribution in [0.3, 0.4) is 0 Å². The Bertz CT molecular complexity index is 1670. The fourth-order valence-corrected chi connectivity index (χ4v) is 6.69. The van der Waals surface area contributed by atoms with Crippen molar-refractivity contribution >= 4 is 34.0 Å². The molecule has 3 aromatic rings. The molecule has 2 unspecified atom stereocenters. The molecule has 2 atom stereocenters. The summed E-state index contributed by atoms with van der Waals surface area (Å²) in [5, 5.41) is 32.0. The molecule has 1 amide bonds. The summed E-state index contributed by atoms with van der Waals surface area (Å²) in [4.78, 5) is 26.0. The maximum atomic E-state index is 12.6. The van der Waals surface area contributed by atoms with E-state index in [4.69, 9.17) is 4.98 Å². The number of nitrogens with zero attached hydrogens (tertiary/aromatic N) is 8. The number of piperazine rings is 1. The third-order valence-electron chi connectivity index (χ3n) is 8.81. The first-order valence-electron chi connectivity index (χ1n) is 14.4. The van der Waals surface area contributed by atoms with Gasteiger partial charge in [0, 0.05) is 62.5 Å². The van der Waals surface area contributed by atoms with Crippen molar-refractivity contribution < 1.29 is 4.79 Å². The van der Waals surface area contributed by atoms with Crippen molar-refractivity contribution in [2.45, 2.75) is 31.8 Å². The number of pyridine rings is 1. The summed E-state index contributed by atoms with van der Waals surface area (Å²) in [5.74, 6) is 1.19. The van der Waals surface area contributed by atoms with Crippen LogP contribution in [0.5, 0.6) is 0 Å². The maximum absolute atomic E-state index is 12.6. The Morgan fingerprint density at radius 3 is 2.52 bits per heavy atom. The van der Waals surface area contributed by atoms with Crippen molar-refractivity contribution in [1.82, 2.24) is 9.88 Å². The van der Waals surface area contributed by atoms with E-state index in [0.29, 0.717) is 57.1 Å². The number of anilines is 3. The molecule has 42 heavy (non-hydrogen) atoms. The molecule has 1 aromatic heterocycles. The number of fused-ring (bicyclic) bond motifs is 2. The minimum absolute atomic E-state index is 0.0986. The fourth-order valence-electron chi connectivity index (χ4n) is 6.69. The van der Waals surface area contributed by atoms with Gasteiger partial charge in [0.25, 0.3) is 0 Å². The summed E-state index contributed by atoms with van der Waals surface area (Å²) < 4.78 is 0. The average Bonchev–Trinajstić information content (AvgIpc) is 3.52. The van der Waals surface area contributed by atoms with Gasteiger partial charge >= 0.3 is 0 Å². The highest BCUT2D eigenvalue weighted by Crippen LogP contribution is 2.39. The van der Waals surface area contributed by atoms with E-state index in [1.807, 2.05) is 6.07 Å².